The lowest BCUT2D eigenvalue weighted by molar-refractivity contribution is -0.127. The highest BCUT2D eigenvalue weighted by Gasteiger charge is 2.30. The van der Waals surface area contributed by atoms with Crippen molar-refractivity contribution in [2.24, 2.45) is 0 Å². The van der Waals surface area contributed by atoms with Crippen molar-refractivity contribution < 1.29 is 9.59 Å². The summed E-state index contributed by atoms with van der Waals surface area (Å²) in [5.41, 5.74) is 1.63. The first kappa shape index (κ1) is 13.1. The van der Waals surface area contributed by atoms with Crippen LogP contribution in [0.4, 0.5) is 0 Å². The van der Waals surface area contributed by atoms with E-state index in [9.17, 15) is 9.59 Å². The molecule has 4 nitrogen and oxygen atoms in total. The van der Waals surface area contributed by atoms with Gasteiger partial charge in [0, 0.05) is 17.6 Å². The van der Waals surface area contributed by atoms with E-state index in [1.54, 1.807) is 11.8 Å². The number of hydrogen-bond donors (Lipinski definition) is 1. The molecule has 0 bridgehead atoms. The van der Waals surface area contributed by atoms with E-state index in [0.717, 1.165) is 10.0 Å². The molecule has 1 fully saturated rings. The Morgan fingerprint density at radius 2 is 2.22 bits per heavy atom. The van der Waals surface area contributed by atoms with E-state index in [1.807, 2.05) is 25.1 Å². The molecule has 1 atom stereocenters. The summed E-state index contributed by atoms with van der Waals surface area (Å²) in [6.07, 6.45) is 0. The minimum absolute atomic E-state index is 0.0987. The number of aryl methyl sites for hydroxylation is 1. The fraction of sp³-hybridized carbons (Fsp3) is 0.385. The van der Waals surface area contributed by atoms with Crippen LogP contribution in [-0.4, -0.2) is 35.8 Å². The standard InChI is InChI=1S/C13H15BrN2O2/c1-8-3-4-11(14)10(7-8)13(18)16-6-5-15-12(17)9(16)2/h3-4,7,9H,5-6H2,1-2H3,(H,15,17). The molecule has 2 amide bonds. The van der Waals surface area contributed by atoms with Crippen LogP contribution in [0.2, 0.25) is 0 Å². The van der Waals surface area contributed by atoms with Crippen molar-refractivity contribution in [3.63, 3.8) is 0 Å². The van der Waals surface area contributed by atoms with E-state index >= 15 is 0 Å². The van der Waals surface area contributed by atoms with Crippen LogP contribution in [0.25, 0.3) is 0 Å². The molecule has 1 aliphatic heterocycles. The predicted octanol–water partition coefficient (Wildman–Crippen LogP) is 1.72. The molecular weight excluding hydrogens is 296 g/mol. The van der Waals surface area contributed by atoms with Crippen LogP contribution < -0.4 is 5.32 Å². The van der Waals surface area contributed by atoms with Crippen molar-refractivity contribution in [2.75, 3.05) is 13.1 Å². The Labute approximate surface area is 114 Å². The molecule has 0 aromatic heterocycles. The summed E-state index contributed by atoms with van der Waals surface area (Å²) >= 11 is 3.38. The average Bonchev–Trinajstić information content (AvgIpc) is 2.35. The van der Waals surface area contributed by atoms with Crippen LogP contribution in [0.1, 0.15) is 22.8 Å². The van der Waals surface area contributed by atoms with Crippen molar-refractivity contribution in [3.8, 4) is 0 Å². The summed E-state index contributed by atoms with van der Waals surface area (Å²) in [7, 11) is 0. The fourth-order valence-corrected chi connectivity index (χ4v) is 2.43. The maximum atomic E-state index is 12.4. The van der Waals surface area contributed by atoms with Gasteiger partial charge in [-0.2, -0.15) is 0 Å². The first-order valence-electron chi connectivity index (χ1n) is 5.85. The lowest BCUT2D eigenvalue weighted by Gasteiger charge is -2.33. The molecule has 1 aromatic carbocycles. The van der Waals surface area contributed by atoms with Crippen molar-refractivity contribution in [1.82, 2.24) is 10.2 Å². The van der Waals surface area contributed by atoms with E-state index in [-0.39, 0.29) is 11.8 Å². The molecule has 1 heterocycles. The summed E-state index contributed by atoms with van der Waals surface area (Å²) in [5, 5.41) is 2.75. The first-order valence-corrected chi connectivity index (χ1v) is 6.65. The van der Waals surface area contributed by atoms with Gasteiger partial charge in [0.1, 0.15) is 6.04 Å². The van der Waals surface area contributed by atoms with Gasteiger partial charge in [0.15, 0.2) is 0 Å². The third kappa shape index (κ3) is 2.41. The lowest BCUT2D eigenvalue weighted by atomic mass is 10.1. The van der Waals surface area contributed by atoms with Crippen LogP contribution >= 0.6 is 15.9 Å². The van der Waals surface area contributed by atoms with Gasteiger partial charge in [-0.3, -0.25) is 9.59 Å². The Balaban J connectivity index is 2.30. The molecule has 0 aliphatic carbocycles. The molecular formula is C13H15BrN2O2. The van der Waals surface area contributed by atoms with Gasteiger partial charge >= 0.3 is 0 Å². The molecule has 0 saturated carbocycles. The van der Waals surface area contributed by atoms with Crippen molar-refractivity contribution >= 4 is 27.7 Å². The number of amides is 2. The van der Waals surface area contributed by atoms with Crippen molar-refractivity contribution in [2.45, 2.75) is 19.9 Å². The number of carbonyl (C=O) groups excluding carboxylic acids is 2. The van der Waals surface area contributed by atoms with Gasteiger partial charge in [-0.15, -0.1) is 0 Å². The summed E-state index contributed by atoms with van der Waals surface area (Å²) < 4.78 is 0.760. The Kier molecular flexibility index (Phi) is 3.71. The largest absolute Gasteiger partial charge is 0.353 e. The van der Waals surface area contributed by atoms with Crippen LogP contribution in [0.5, 0.6) is 0 Å². The number of carbonyl (C=O) groups is 2. The van der Waals surface area contributed by atoms with Crippen LogP contribution in [0.15, 0.2) is 22.7 Å². The van der Waals surface area contributed by atoms with Crippen LogP contribution in [-0.2, 0) is 4.79 Å². The molecule has 1 unspecified atom stereocenters. The minimum atomic E-state index is -0.418. The smallest absolute Gasteiger partial charge is 0.255 e. The number of hydrogen-bond acceptors (Lipinski definition) is 2. The highest BCUT2D eigenvalue weighted by atomic mass is 79.9. The van der Waals surface area contributed by atoms with Gasteiger partial charge in [-0.25, -0.2) is 0 Å². The highest BCUT2D eigenvalue weighted by Crippen LogP contribution is 2.21. The van der Waals surface area contributed by atoms with Gasteiger partial charge in [0.2, 0.25) is 5.91 Å². The van der Waals surface area contributed by atoms with E-state index in [0.29, 0.717) is 18.7 Å². The summed E-state index contributed by atoms with van der Waals surface area (Å²) in [6, 6.07) is 5.22. The third-order valence-electron chi connectivity index (χ3n) is 3.11. The lowest BCUT2D eigenvalue weighted by Crippen LogP contribution is -2.55. The molecule has 1 aliphatic rings. The number of halogens is 1. The van der Waals surface area contributed by atoms with Gasteiger partial charge in [-0.1, -0.05) is 11.6 Å². The molecule has 1 N–H and O–H groups in total. The number of nitrogens with zero attached hydrogens (tertiary/aromatic N) is 1. The van der Waals surface area contributed by atoms with E-state index in [1.165, 1.54) is 0 Å². The Morgan fingerprint density at radius 1 is 1.50 bits per heavy atom. The van der Waals surface area contributed by atoms with E-state index in [2.05, 4.69) is 21.2 Å². The molecule has 2 rings (SSSR count). The topological polar surface area (TPSA) is 49.4 Å². The van der Waals surface area contributed by atoms with Gasteiger partial charge in [0.05, 0.1) is 5.56 Å². The van der Waals surface area contributed by atoms with Gasteiger partial charge in [-0.05, 0) is 41.9 Å². The monoisotopic (exact) mass is 310 g/mol. The SMILES string of the molecule is Cc1ccc(Br)c(C(=O)N2CCNC(=O)C2C)c1. The zero-order valence-electron chi connectivity index (χ0n) is 10.4. The highest BCUT2D eigenvalue weighted by molar-refractivity contribution is 9.10. The third-order valence-corrected chi connectivity index (χ3v) is 3.80. The Hall–Kier alpha value is -1.36. The predicted molar refractivity (Wildman–Crippen MR) is 72.4 cm³/mol. The minimum Gasteiger partial charge on any atom is -0.353 e. The Morgan fingerprint density at radius 3 is 2.94 bits per heavy atom. The second-order valence-corrected chi connectivity index (χ2v) is 5.30. The summed E-state index contributed by atoms with van der Waals surface area (Å²) in [6.45, 7) is 4.75. The Bertz CT molecular complexity index is 502. The van der Waals surface area contributed by atoms with Crippen molar-refractivity contribution in [1.29, 1.82) is 0 Å². The quantitative estimate of drug-likeness (QED) is 0.858. The molecule has 1 saturated heterocycles. The summed E-state index contributed by atoms with van der Waals surface area (Å²) in [4.78, 5) is 25.6. The number of benzene rings is 1. The zero-order chi connectivity index (χ0) is 13.3. The number of piperazine rings is 1. The molecule has 0 radical (unpaired) electrons. The molecule has 96 valence electrons. The second kappa shape index (κ2) is 5.10. The van der Waals surface area contributed by atoms with Gasteiger partial charge < -0.3 is 10.2 Å². The van der Waals surface area contributed by atoms with E-state index < -0.39 is 6.04 Å². The number of rotatable bonds is 1. The maximum Gasteiger partial charge on any atom is 0.255 e. The summed E-state index contributed by atoms with van der Waals surface area (Å²) in [5.74, 6) is -0.202. The molecule has 1 aromatic rings. The molecule has 18 heavy (non-hydrogen) atoms. The molecule has 5 heteroatoms. The van der Waals surface area contributed by atoms with Gasteiger partial charge in [0.25, 0.3) is 5.91 Å². The van der Waals surface area contributed by atoms with Crippen LogP contribution in [0, 0.1) is 6.92 Å². The fourth-order valence-electron chi connectivity index (χ4n) is 2.02. The zero-order valence-corrected chi connectivity index (χ0v) is 12.0. The van der Waals surface area contributed by atoms with Crippen molar-refractivity contribution in [3.05, 3.63) is 33.8 Å². The second-order valence-electron chi connectivity index (χ2n) is 4.45. The van der Waals surface area contributed by atoms with Crippen LogP contribution in [0.3, 0.4) is 0 Å². The van der Waals surface area contributed by atoms with E-state index in [4.69, 9.17) is 0 Å². The molecule has 0 spiro atoms. The normalized spacial score (nSPS) is 19.6. The maximum absolute atomic E-state index is 12.4. The average molecular weight is 311 g/mol. The first-order chi connectivity index (χ1) is 8.50. The number of nitrogens with one attached hydrogen (secondary N) is 1.